The van der Waals surface area contributed by atoms with Crippen molar-refractivity contribution in [3.05, 3.63) is 36.0 Å². The molecule has 0 saturated heterocycles. The van der Waals surface area contributed by atoms with E-state index in [4.69, 9.17) is 21.1 Å². The first kappa shape index (κ1) is 25.3. The molecule has 1 heterocycles. The lowest BCUT2D eigenvalue weighted by Gasteiger charge is -2.20. The predicted molar refractivity (Wildman–Crippen MR) is 114 cm³/mol. The molecule has 2 aromatic rings. The lowest BCUT2D eigenvalue weighted by atomic mass is 10.0. The Labute approximate surface area is 187 Å². The highest BCUT2D eigenvalue weighted by atomic mass is 16.4. The minimum atomic E-state index is -1.54. The molecule has 9 N–H and O–H groups in total. The number of aliphatic carboxylic acids is 2. The number of para-hydroxylation sites is 1. The number of nitrogens with one attached hydrogen (secondary N) is 4. The summed E-state index contributed by atoms with van der Waals surface area (Å²) < 4.78 is 0. The van der Waals surface area contributed by atoms with E-state index in [0.29, 0.717) is 5.56 Å². The second-order valence-electron chi connectivity index (χ2n) is 7.19. The Bertz CT molecular complexity index is 1040. The number of amides is 3. The summed E-state index contributed by atoms with van der Waals surface area (Å²) in [6.45, 7) is -1.46. The van der Waals surface area contributed by atoms with Gasteiger partial charge in [-0.05, 0) is 11.6 Å². The Hall–Kier alpha value is -3.97. The maximum absolute atomic E-state index is 12.7. The molecule has 13 heteroatoms. The molecule has 0 fully saturated rings. The number of rotatable bonds is 12. The first-order valence-corrected chi connectivity index (χ1v) is 9.85. The number of nitrogens with two attached hydrogens (primary N) is 1. The first-order valence-electron chi connectivity index (χ1n) is 9.85. The van der Waals surface area contributed by atoms with Crippen LogP contribution in [0.5, 0.6) is 0 Å². The lowest BCUT2D eigenvalue weighted by molar-refractivity contribution is -0.142. The van der Waals surface area contributed by atoms with Gasteiger partial charge in [0, 0.05) is 23.5 Å². The van der Waals surface area contributed by atoms with Gasteiger partial charge in [0.05, 0.1) is 25.6 Å². The van der Waals surface area contributed by atoms with E-state index in [-0.39, 0.29) is 6.42 Å². The van der Waals surface area contributed by atoms with Gasteiger partial charge in [-0.15, -0.1) is 0 Å². The Kier molecular flexibility index (Phi) is 8.89. The van der Waals surface area contributed by atoms with E-state index in [1.54, 1.807) is 12.3 Å². The van der Waals surface area contributed by atoms with Crippen LogP contribution in [0.1, 0.15) is 12.0 Å². The number of carbonyl (C=O) groups is 5. The van der Waals surface area contributed by atoms with Crippen molar-refractivity contribution in [3.8, 4) is 0 Å². The van der Waals surface area contributed by atoms with E-state index in [2.05, 4.69) is 15.6 Å². The lowest BCUT2D eigenvalue weighted by Crippen LogP contribution is -2.54. The zero-order chi connectivity index (χ0) is 24.5. The van der Waals surface area contributed by atoms with Gasteiger partial charge in [0.2, 0.25) is 17.7 Å². The van der Waals surface area contributed by atoms with Gasteiger partial charge < -0.3 is 42.0 Å². The normalized spacial score (nSPS) is 13.5. The molecule has 0 aliphatic carbocycles. The zero-order valence-corrected chi connectivity index (χ0v) is 17.4. The molecule has 3 atom stereocenters. The topological polar surface area (TPSA) is 224 Å². The monoisotopic (exact) mass is 463 g/mol. The van der Waals surface area contributed by atoms with Crippen molar-refractivity contribution in [2.24, 2.45) is 5.73 Å². The molecule has 0 aliphatic heterocycles. The minimum Gasteiger partial charge on any atom is -0.481 e. The van der Waals surface area contributed by atoms with Gasteiger partial charge in [0.1, 0.15) is 12.1 Å². The number of fused-ring (bicyclic) bond motifs is 1. The number of carboxylic acid groups (broad SMARTS) is 2. The van der Waals surface area contributed by atoms with Crippen LogP contribution in [0.25, 0.3) is 10.9 Å². The van der Waals surface area contributed by atoms with Crippen molar-refractivity contribution >= 4 is 40.6 Å². The third kappa shape index (κ3) is 7.29. The fourth-order valence-electron chi connectivity index (χ4n) is 3.01. The van der Waals surface area contributed by atoms with Crippen molar-refractivity contribution < 1.29 is 39.3 Å². The summed E-state index contributed by atoms with van der Waals surface area (Å²) in [4.78, 5) is 61.7. The molecule has 0 radical (unpaired) electrons. The van der Waals surface area contributed by atoms with Crippen LogP contribution < -0.4 is 21.7 Å². The fraction of sp³-hybridized carbons (Fsp3) is 0.350. The first-order chi connectivity index (χ1) is 15.6. The molecule has 3 amide bonds. The average molecular weight is 463 g/mol. The van der Waals surface area contributed by atoms with Crippen molar-refractivity contribution in [2.75, 3.05) is 13.2 Å². The number of hydrogen-bond donors (Lipinski definition) is 8. The standard InChI is InChI=1S/C20H25N5O8/c21-12(6-17(28)29)18(30)25-14(5-10-7-22-13-4-2-1-3-11(10)13)19(31)23-8-16(27)24-15(9-26)20(32)33/h1-4,7,12,14-15,22,26H,5-6,8-9,21H2,(H,23,31)(H,24,27)(H,25,30)(H,28,29)(H,32,33). The number of H-pyrrole nitrogens is 1. The highest BCUT2D eigenvalue weighted by Crippen LogP contribution is 2.19. The highest BCUT2D eigenvalue weighted by molar-refractivity contribution is 5.94. The van der Waals surface area contributed by atoms with Crippen LogP contribution in [-0.2, 0) is 30.4 Å². The maximum Gasteiger partial charge on any atom is 0.328 e. The second kappa shape index (κ2) is 11.6. The van der Waals surface area contributed by atoms with Crippen molar-refractivity contribution in [1.29, 1.82) is 0 Å². The molecule has 13 nitrogen and oxygen atoms in total. The summed E-state index contributed by atoms with van der Waals surface area (Å²) in [7, 11) is 0. The number of carboxylic acids is 2. The number of aromatic nitrogens is 1. The Morgan fingerprint density at radius 2 is 1.70 bits per heavy atom. The number of aromatic amines is 1. The van der Waals surface area contributed by atoms with Gasteiger partial charge in [-0.25, -0.2) is 4.79 Å². The summed E-state index contributed by atoms with van der Waals surface area (Å²) in [5.41, 5.74) is 7.05. The SMILES string of the molecule is NC(CC(=O)O)C(=O)NC(Cc1c[nH]c2ccccc12)C(=O)NCC(=O)NC(CO)C(=O)O. The van der Waals surface area contributed by atoms with Crippen molar-refractivity contribution in [2.45, 2.75) is 31.0 Å². The van der Waals surface area contributed by atoms with Gasteiger partial charge in [-0.2, -0.15) is 0 Å². The molecule has 2 rings (SSSR count). The van der Waals surface area contributed by atoms with Crippen LogP contribution in [0.4, 0.5) is 0 Å². The number of hydrogen-bond acceptors (Lipinski definition) is 7. The predicted octanol–water partition coefficient (Wildman–Crippen LogP) is -2.32. The summed E-state index contributed by atoms with van der Waals surface area (Å²) in [5.74, 6) is -5.25. The Morgan fingerprint density at radius 3 is 2.33 bits per heavy atom. The molecule has 33 heavy (non-hydrogen) atoms. The molecule has 1 aromatic carbocycles. The summed E-state index contributed by atoms with van der Waals surface area (Å²) in [6, 6.07) is 3.09. The molecule has 0 aliphatic rings. The highest BCUT2D eigenvalue weighted by Gasteiger charge is 2.27. The van der Waals surface area contributed by atoms with E-state index in [9.17, 15) is 24.0 Å². The molecular weight excluding hydrogens is 438 g/mol. The molecular formula is C20H25N5O8. The van der Waals surface area contributed by atoms with E-state index in [1.165, 1.54) is 0 Å². The van der Waals surface area contributed by atoms with Gasteiger partial charge in [0.25, 0.3) is 0 Å². The maximum atomic E-state index is 12.7. The molecule has 0 spiro atoms. The molecule has 3 unspecified atom stereocenters. The number of aliphatic hydroxyl groups excluding tert-OH is 1. The third-order valence-electron chi connectivity index (χ3n) is 4.70. The second-order valence-corrected chi connectivity index (χ2v) is 7.19. The smallest absolute Gasteiger partial charge is 0.328 e. The zero-order valence-electron chi connectivity index (χ0n) is 17.4. The van der Waals surface area contributed by atoms with Crippen LogP contribution >= 0.6 is 0 Å². The minimum absolute atomic E-state index is 0.00259. The van der Waals surface area contributed by atoms with Crippen LogP contribution in [0.2, 0.25) is 0 Å². The van der Waals surface area contributed by atoms with Gasteiger partial charge in [-0.1, -0.05) is 18.2 Å². The third-order valence-corrected chi connectivity index (χ3v) is 4.70. The number of carbonyl (C=O) groups excluding carboxylic acids is 3. The van der Waals surface area contributed by atoms with E-state index in [0.717, 1.165) is 10.9 Å². The van der Waals surface area contributed by atoms with Crippen LogP contribution in [0.3, 0.4) is 0 Å². The Balaban J connectivity index is 2.12. The fourth-order valence-corrected chi connectivity index (χ4v) is 3.01. The van der Waals surface area contributed by atoms with E-state index >= 15 is 0 Å². The van der Waals surface area contributed by atoms with Crippen molar-refractivity contribution in [1.82, 2.24) is 20.9 Å². The average Bonchev–Trinajstić information content (AvgIpc) is 3.17. The van der Waals surface area contributed by atoms with Gasteiger partial charge in [0.15, 0.2) is 0 Å². The largest absolute Gasteiger partial charge is 0.481 e. The summed E-state index contributed by atoms with van der Waals surface area (Å²) >= 11 is 0. The molecule has 0 bridgehead atoms. The quantitative estimate of drug-likeness (QED) is 0.169. The van der Waals surface area contributed by atoms with Crippen molar-refractivity contribution in [3.63, 3.8) is 0 Å². The van der Waals surface area contributed by atoms with Gasteiger partial charge in [-0.3, -0.25) is 19.2 Å². The van der Waals surface area contributed by atoms with E-state index in [1.807, 2.05) is 23.5 Å². The van der Waals surface area contributed by atoms with Crippen LogP contribution in [0.15, 0.2) is 30.5 Å². The van der Waals surface area contributed by atoms with E-state index < -0.39 is 67.4 Å². The molecule has 1 aromatic heterocycles. The number of aliphatic hydroxyl groups is 1. The summed E-state index contributed by atoms with van der Waals surface area (Å²) in [5, 5.41) is 34.2. The summed E-state index contributed by atoms with van der Waals surface area (Å²) in [6.07, 6.45) is 1.00. The van der Waals surface area contributed by atoms with Crippen LogP contribution in [-0.4, -0.2) is 81.2 Å². The number of benzene rings is 1. The van der Waals surface area contributed by atoms with Gasteiger partial charge >= 0.3 is 11.9 Å². The molecule has 178 valence electrons. The van der Waals surface area contributed by atoms with Crippen LogP contribution in [0, 0.1) is 0 Å². The molecule has 0 saturated carbocycles. The Morgan fingerprint density at radius 1 is 1.00 bits per heavy atom.